The molecule has 0 fully saturated rings. The minimum atomic E-state index is -0.746. The van der Waals surface area contributed by atoms with Crippen molar-refractivity contribution in [2.75, 3.05) is 0 Å². The van der Waals surface area contributed by atoms with Crippen LogP contribution in [-0.2, 0) is 11.3 Å². The van der Waals surface area contributed by atoms with Crippen LogP contribution >= 0.6 is 0 Å². The van der Waals surface area contributed by atoms with Crippen LogP contribution in [0.15, 0.2) is 94.9 Å². The van der Waals surface area contributed by atoms with Gasteiger partial charge in [0, 0.05) is 24.3 Å². The number of pyridine rings is 1. The third-order valence-electron chi connectivity index (χ3n) is 5.76. The van der Waals surface area contributed by atoms with Crippen LogP contribution in [0.4, 0.5) is 0 Å². The number of carbonyl (C=O) groups is 2. The molecule has 1 unspecified atom stereocenters. The molecule has 2 aromatic carbocycles. The number of carbonyl (C=O) groups excluding carboxylic acids is 2. The van der Waals surface area contributed by atoms with Gasteiger partial charge in [0.1, 0.15) is 5.58 Å². The lowest BCUT2D eigenvalue weighted by atomic mass is 9.92. The Morgan fingerprint density at radius 2 is 1.88 bits per heavy atom. The number of furan rings is 1. The molecule has 1 aliphatic heterocycles. The van der Waals surface area contributed by atoms with Gasteiger partial charge in [0.2, 0.25) is 5.78 Å². The molecule has 6 nitrogen and oxygen atoms in total. The van der Waals surface area contributed by atoms with E-state index in [1.165, 1.54) is 4.90 Å². The summed E-state index contributed by atoms with van der Waals surface area (Å²) in [5, 5.41) is 11.6. The molecule has 5 rings (SSSR count). The van der Waals surface area contributed by atoms with Gasteiger partial charge in [-0.2, -0.15) is 0 Å². The number of ketones is 1. The van der Waals surface area contributed by atoms with E-state index in [0.29, 0.717) is 5.58 Å². The predicted molar refractivity (Wildman–Crippen MR) is 119 cm³/mol. The van der Waals surface area contributed by atoms with Gasteiger partial charge in [-0.15, -0.1) is 0 Å². The molecule has 0 saturated heterocycles. The minimum Gasteiger partial charge on any atom is -0.503 e. The van der Waals surface area contributed by atoms with Gasteiger partial charge in [-0.05, 0) is 41.8 Å². The Hall–Kier alpha value is -4.19. The largest absolute Gasteiger partial charge is 0.503 e. The highest BCUT2D eigenvalue weighted by molar-refractivity contribution is 6.16. The quantitative estimate of drug-likeness (QED) is 0.460. The van der Waals surface area contributed by atoms with E-state index in [2.05, 4.69) is 4.98 Å². The molecule has 0 aliphatic carbocycles. The van der Waals surface area contributed by atoms with E-state index in [-0.39, 0.29) is 17.9 Å². The van der Waals surface area contributed by atoms with Gasteiger partial charge in [-0.3, -0.25) is 14.6 Å². The van der Waals surface area contributed by atoms with E-state index in [0.717, 1.165) is 22.1 Å². The zero-order valence-electron chi connectivity index (χ0n) is 17.4. The van der Waals surface area contributed by atoms with Gasteiger partial charge in [0.15, 0.2) is 11.5 Å². The van der Waals surface area contributed by atoms with Crippen LogP contribution in [-0.4, -0.2) is 26.7 Å². The first-order valence-electron chi connectivity index (χ1n) is 10.3. The minimum absolute atomic E-state index is 0.0206. The maximum absolute atomic E-state index is 13.6. The summed E-state index contributed by atoms with van der Waals surface area (Å²) in [6, 6.07) is 19.4. The molecule has 4 aromatic rings. The first kappa shape index (κ1) is 19.8. The number of hydrogen-bond acceptors (Lipinski definition) is 5. The summed E-state index contributed by atoms with van der Waals surface area (Å²) >= 11 is 0. The van der Waals surface area contributed by atoms with E-state index < -0.39 is 23.5 Å². The normalized spacial score (nSPS) is 16.2. The molecule has 2 aromatic heterocycles. The first-order valence-corrected chi connectivity index (χ1v) is 10.3. The lowest BCUT2D eigenvalue weighted by Gasteiger charge is -2.27. The summed E-state index contributed by atoms with van der Waals surface area (Å²) in [6.07, 6.45) is 3.32. The zero-order chi connectivity index (χ0) is 22.2. The van der Waals surface area contributed by atoms with E-state index in [4.69, 9.17) is 4.42 Å². The van der Waals surface area contributed by atoms with Gasteiger partial charge in [-0.25, -0.2) is 0 Å². The number of fused-ring (bicyclic) bond motifs is 1. The topological polar surface area (TPSA) is 83.6 Å². The summed E-state index contributed by atoms with van der Waals surface area (Å²) in [6.45, 7) is 2.12. The lowest BCUT2D eigenvalue weighted by molar-refractivity contribution is -0.130. The number of para-hydroxylation sites is 1. The van der Waals surface area contributed by atoms with Crippen molar-refractivity contribution in [2.45, 2.75) is 19.5 Å². The fourth-order valence-electron chi connectivity index (χ4n) is 4.18. The molecule has 0 radical (unpaired) electrons. The van der Waals surface area contributed by atoms with Crippen LogP contribution in [0.25, 0.3) is 11.0 Å². The van der Waals surface area contributed by atoms with E-state index in [1.807, 2.05) is 55.5 Å². The molecular formula is C26H20N2O4. The van der Waals surface area contributed by atoms with Gasteiger partial charge in [-0.1, -0.05) is 48.5 Å². The van der Waals surface area contributed by atoms with Crippen molar-refractivity contribution in [2.24, 2.45) is 0 Å². The van der Waals surface area contributed by atoms with Crippen molar-refractivity contribution in [3.05, 3.63) is 113 Å². The average Bonchev–Trinajstić information content (AvgIpc) is 3.35. The van der Waals surface area contributed by atoms with Crippen molar-refractivity contribution in [1.29, 1.82) is 0 Å². The van der Waals surface area contributed by atoms with Crippen molar-refractivity contribution >= 4 is 22.7 Å². The Kier molecular flexibility index (Phi) is 4.82. The second-order valence-corrected chi connectivity index (χ2v) is 7.79. The average molecular weight is 424 g/mol. The number of aliphatic hydroxyl groups excluding tert-OH is 1. The van der Waals surface area contributed by atoms with Crippen LogP contribution in [0.1, 0.15) is 33.3 Å². The Morgan fingerprint density at radius 3 is 2.62 bits per heavy atom. The first-order chi connectivity index (χ1) is 15.5. The highest BCUT2D eigenvalue weighted by atomic mass is 16.3. The SMILES string of the molecule is Cc1ccccc1C1C(C(=O)c2cc3ccccc3o2)=C(O)C(=O)N1Cc1cccnc1. The lowest BCUT2D eigenvalue weighted by Crippen LogP contribution is -2.31. The fraction of sp³-hybridized carbons (Fsp3) is 0.115. The van der Waals surface area contributed by atoms with Crippen molar-refractivity contribution < 1.29 is 19.1 Å². The summed E-state index contributed by atoms with van der Waals surface area (Å²) in [5.74, 6) is -1.56. The fourth-order valence-corrected chi connectivity index (χ4v) is 4.18. The Labute approximate surface area is 184 Å². The number of aromatic nitrogens is 1. The van der Waals surface area contributed by atoms with Crippen LogP contribution in [0.5, 0.6) is 0 Å². The molecule has 32 heavy (non-hydrogen) atoms. The van der Waals surface area contributed by atoms with Crippen LogP contribution in [0.2, 0.25) is 0 Å². The van der Waals surface area contributed by atoms with Crippen LogP contribution in [0, 0.1) is 6.92 Å². The Morgan fingerprint density at radius 1 is 1.09 bits per heavy atom. The summed E-state index contributed by atoms with van der Waals surface area (Å²) in [4.78, 5) is 32.3. The number of benzene rings is 2. The zero-order valence-corrected chi connectivity index (χ0v) is 17.4. The highest BCUT2D eigenvalue weighted by Crippen LogP contribution is 2.41. The third kappa shape index (κ3) is 3.26. The molecule has 0 bridgehead atoms. The number of hydrogen-bond donors (Lipinski definition) is 1. The molecular weight excluding hydrogens is 404 g/mol. The molecule has 3 heterocycles. The molecule has 0 spiro atoms. The van der Waals surface area contributed by atoms with E-state index in [1.54, 1.807) is 30.6 Å². The number of aryl methyl sites for hydroxylation is 1. The van der Waals surface area contributed by atoms with Crippen LogP contribution < -0.4 is 0 Å². The standard InChI is InChI=1S/C26H20N2O4/c1-16-7-2-4-10-19(16)23-22(24(29)21-13-18-9-3-5-11-20(18)32-21)25(30)26(31)28(23)15-17-8-6-12-27-14-17/h2-14,23,30H,15H2,1H3. The number of Topliss-reactive ketones (excluding diaryl/α,β-unsaturated/α-hetero) is 1. The van der Waals surface area contributed by atoms with Crippen molar-refractivity contribution in [1.82, 2.24) is 9.88 Å². The van der Waals surface area contributed by atoms with Gasteiger partial charge in [0.05, 0.1) is 11.6 Å². The molecule has 1 amide bonds. The second-order valence-electron chi connectivity index (χ2n) is 7.79. The van der Waals surface area contributed by atoms with Gasteiger partial charge >= 0.3 is 0 Å². The number of aliphatic hydroxyl groups is 1. The Balaban J connectivity index is 1.62. The highest BCUT2D eigenvalue weighted by Gasteiger charge is 2.45. The Bertz CT molecular complexity index is 1340. The van der Waals surface area contributed by atoms with E-state index in [9.17, 15) is 14.7 Å². The van der Waals surface area contributed by atoms with Crippen molar-refractivity contribution in [3.8, 4) is 0 Å². The second kappa shape index (κ2) is 7.81. The predicted octanol–water partition coefficient (Wildman–Crippen LogP) is 4.91. The maximum Gasteiger partial charge on any atom is 0.290 e. The van der Waals surface area contributed by atoms with Crippen LogP contribution in [0.3, 0.4) is 0 Å². The van der Waals surface area contributed by atoms with Gasteiger partial charge < -0.3 is 14.4 Å². The summed E-state index contributed by atoms with van der Waals surface area (Å²) in [5.41, 5.74) is 3.07. The molecule has 0 saturated carbocycles. The van der Waals surface area contributed by atoms with Gasteiger partial charge in [0.25, 0.3) is 5.91 Å². The molecule has 6 heteroatoms. The van der Waals surface area contributed by atoms with E-state index >= 15 is 0 Å². The van der Waals surface area contributed by atoms with Crippen molar-refractivity contribution in [3.63, 3.8) is 0 Å². The monoisotopic (exact) mass is 424 g/mol. The summed E-state index contributed by atoms with van der Waals surface area (Å²) < 4.78 is 5.76. The maximum atomic E-state index is 13.6. The third-order valence-corrected chi connectivity index (χ3v) is 5.76. The molecule has 1 N–H and O–H groups in total. The smallest absolute Gasteiger partial charge is 0.290 e. The number of amides is 1. The molecule has 158 valence electrons. The number of nitrogens with zero attached hydrogens (tertiary/aromatic N) is 2. The molecule has 1 aliphatic rings. The molecule has 1 atom stereocenters. The number of rotatable bonds is 5. The summed E-state index contributed by atoms with van der Waals surface area (Å²) in [7, 11) is 0.